The van der Waals surface area contributed by atoms with E-state index in [0.717, 1.165) is 0 Å². The van der Waals surface area contributed by atoms with Gasteiger partial charge in [0.15, 0.2) is 11.5 Å². The fourth-order valence-corrected chi connectivity index (χ4v) is 2.43. The predicted octanol–water partition coefficient (Wildman–Crippen LogP) is 3.22. The van der Waals surface area contributed by atoms with Crippen molar-refractivity contribution >= 4 is 5.91 Å². The molecule has 2 aromatic carbocycles. The summed E-state index contributed by atoms with van der Waals surface area (Å²) in [5, 5.41) is 2.85. The first kappa shape index (κ1) is 14.4. The lowest BCUT2D eigenvalue weighted by Crippen LogP contribution is -2.41. The minimum Gasteiger partial charge on any atom is -0.454 e. The summed E-state index contributed by atoms with van der Waals surface area (Å²) in [6, 6.07) is 11.4. The van der Waals surface area contributed by atoms with Crippen molar-refractivity contribution in [2.24, 2.45) is 0 Å². The smallest absolute Gasteiger partial charge is 0.252 e. The largest absolute Gasteiger partial charge is 0.454 e. The number of ether oxygens (including phenoxy) is 2. The topological polar surface area (TPSA) is 47.6 Å². The van der Waals surface area contributed by atoms with Crippen molar-refractivity contribution in [2.45, 2.75) is 19.4 Å². The van der Waals surface area contributed by atoms with E-state index in [2.05, 4.69) is 5.32 Å². The highest BCUT2D eigenvalue weighted by Gasteiger charge is 2.27. The number of benzene rings is 2. The SMILES string of the molecule is CC(C)(NC(=O)c1ccc2c(c1)OCO2)c1ccccc1F. The molecule has 3 rings (SSSR count). The first-order chi connectivity index (χ1) is 10.5. The number of halogens is 1. The Morgan fingerprint density at radius 2 is 1.86 bits per heavy atom. The van der Waals surface area contributed by atoms with E-state index in [1.165, 1.54) is 6.07 Å². The van der Waals surface area contributed by atoms with E-state index in [0.29, 0.717) is 22.6 Å². The van der Waals surface area contributed by atoms with E-state index in [4.69, 9.17) is 9.47 Å². The van der Waals surface area contributed by atoms with Crippen molar-refractivity contribution in [1.29, 1.82) is 0 Å². The molecule has 1 heterocycles. The first-order valence-corrected chi connectivity index (χ1v) is 6.94. The van der Waals surface area contributed by atoms with Crippen LogP contribution in [0.1, 0.15) is 29.8 Å². The van der Waals surface area contributed by atoms with Gasteiger partial charge in [-0.1, -0.05) is 18.2 Å². The third-order valence-corrected chi connectivity index (χ3v) is 3.61. The molecule has 0 aliphatic carbocycles. The normalized spacial score (nSPS) is 13.0. The fourth-order valence-electron chi connectivity index (χ4n) is 2.43. The molecule has 0 bridgehead atoms. The van der Waals surface area contributed by atoms with Crippen LogP contribution in [0.4, 0.5) is 4.39 Å². The number of amides is 1. The van der Waals surface area contributed by atoms with Crippen molar-refractivity contribution in [1.82, 2.24) is 5.32 Å². The van der Waals surface area contributed by atoms with Crippen molar-refractivity contribution in [3.05, 3.63) is 59.4 Å². The van der Waals surface area contributed by atoms with E-state index in [1.54, 1.807) is 50.2 Å². The lowest BCUT2D eigenvalue weighted by atomic mass is 9.93. The maximum atomic E-state index is 13.9. The highest BCUT2D eigenvalue weighted by Crippen LogP contribution is 2.33. The molecule has 0 spiro atoms. The van der Waals surface area contributed by atoms with Crippen molar-refractivity contribution in [2.75, 3.05) is 6.79 Å². The average molecular weight is 301 g/mol. The van der Waals surface area contributed by atoms with Gasteiger partial charge >= 0.3 is 0 Å². The van der Waals surface area contributed by atoms with Crippen LogP contribution in [0.2, 0.25) is 0 Å². The quantitative estimate of drug-likeness (QED) is 0.947. The van der Waals surface area contributed by atoms with Crippen LogP contribution in [0.3, 0.4) is 0 Å². The van der Waals surface area contributed by atoms with E-state index in [-0.39, 0.29) is 18.5 Å². The zero-order chi connectivity index (χ0) is 15.7. The minimum absolute atomic E-state index is 0.154. The van der Waals surface area contributed by atoms with E-state index >= 15 is 0 Å². The molecular formula is C17H16FNO3. The molecule has 0 unspecified atom stereocenters. The summed E-state index contributed by atoms with van der Waals surface area (Å²) >= 11 is 0. The van der Waals surface area contributed by atoms with Crippen molar-refractivity contribution in [3.8, 4) is 11.5 Å². The van der Waals surface area contributed by atoms with Crippen LogP contribution in [0.5, 0.6) is 11.5 Å². The van der Waals surface area contributed by atoms with Crippen LogP contribution >= 0.6 is 0 Å². The molecular weight excluding hydrogens is 285 g/mol. The van der Waals surface area contributed by atoms with E-state index in [9.17, 15) is 9.18 Å². The molecule has 0 atom stereocenters. The Morgan fingerprint density at radius 3 is 2.64 bits per heavy atom. The highest BCUT2D eigenvalue weighted by molar-refractivity contribution is 5.95. The van der Waals surface area contributed by atoms with Gasteiger partial charge in [0.25, 0.3) is 5.91 Å². The number of hydrogen-bond acceptors (Lipinski definition) is 3. The Morgan fingerprint density at radius 1 is 1.14 bits per heavy atom. The zero-order valence-electron chi connectivity index (χ0n) is 12.4. The monoisotopic (exact) mass is 301 g/mol. The van der Waals surface area contributed by atoms with Crippen LogP contribution in [-0.2, 0) is 5.54 Å². The Balaban J connectivity index is 1.83. The van der Waals surface area contributed by atoms with Gasteiger partial charge in [0.2, 0.25) is 6.79 Å². The molecule has 1 aliphatic rings. The zero-order valence-corrected chi connectivity index (χ0v) is 12.4. The van der Waals surface area contributed by atoms with Gasteiger partial charge in [0, 0.05) is 11.1 Å². The van der Waals surface area contributed by atoms with Gasteiger partial charge in [-0.3, -0.25) is 4.79 Å². The second kappa shape index (κ2) is 5.33. The van der Waals surface area contributed by atoms with Crippen LogP contribution in [-0.4, -0.2) is 12.7 Å². The molecule has 1 N–H and O–H groups in total. The molecule has 4 nitrogen and oxygen atoms in total. The minimum atomic E-state index is -0.835. The highest BCUT2D eigenvalue weighted by atomic mass is 19.1. The standard InChI is InChI=1S/C17H16FNO3/c1-17(2,12-5-3-4-6-13(12)18)19-16(20)11-7-8-14-15(9-11)22-10-21-14/h3-9H,10H2,1-2H3,(H,19,20). The number of rotatable bonds is 3. The molecule has 1 aliphatic heterocycles. The predicted molar refractivity (Wildman–Crippen MR) is 79.5 cm³/mol. The summed E-state index contributed by atoms with van der Waals surface area (Å²) in [6.45, 7) is 3.67. The van der Waals surface area contributed by atoms with Crippen molar-refractivity contribution in [3.63, 3.8) is 0 Å². The summed E-state index contributed by atoms with van der Waals surface area (Å²) in [5.41, 5.74) is 0.0384. The van der Waals surface area contributed by atoms with Gasteiger partial charge in [0.05, 0.1) is 5.54 Å². The Bertz CT molecular complexity index is 728. The lowest BCUT2D eigenvalue weighted by Gasteiger charge is -2.27. The van der Waals surface area contributed by atoms with Gasteiger partial charge in [0.1, 0.15) is 5.82 Å². The van der Waals surface area contributed by atoms with Crippen LogP contribution in [0, 0.1) is 5.82 Å². The first-order valence-electron chi connectivity index (χ1n) is 6.94. The van der Waals surface area contributed by atoms with Gasteiger partial charge < -0.3 is 14.8 Å². The van der Waals surface area contributed by atoms with Crippen LogP contribution < -0.4 is 14.8 Å². The maximum absolute atomic E-state index is 13.9. The number of hydrogen-bond donors (Lipinski definition) is 1. The van der Waals surface area contributed by atoms with E-state index < -0.39 is 5.54 Å². The maximum Gasteiger partial charge on any atom is 0.252 e. The van der Waals surface area contributed by atoms with Crippen LogP contribution in [0.25, 0.3) is 0 Å². The lowest BCUT2D eigenvalue weighted by molar-refractivity contribution is 0.0910. The molecule has 0 fully saturated rings. The second-order valence-corrected chi connectivity index (χ2v) is 5.63. The van der Waals surface area contributed by atoms with Gasteiger partial charge in [-0.2, -0.15) is 0 Å². The summed E-state index contributed by atoms with van der Waals surface area (Å²) in [5.74, 6) is 0.506. The summed E-state index contributed by atoms with van der Waals surface area (Å²) < 4.78 is 24.4. The Kier molecular flexibility index (Phi) is 3.48. The molecule has 2 aromatic rings. The number of nitrogens with one attached hydrogen (secondary N) is 1. The summed E-state index contributed by atoms with van der Waals surface area (Å²) in [4.78, 5) is 12.4. The molecule has 5 heteroatoms. The number of carbonyl (C=O) groups excluding carboxylic acids is 1. The third kappa shape index (κ3) is 2.62. The molecule has 0 aromatic heterocycles. The molecule has 0 radical (unpaired) electrons. The third-order valence-electron chi connectivity index (χ3n) is 3.61. The number of fused-ring (bicyclic) bond motifs is 1. The Hall–Kier alpha value is -2.56. The average Bonchev–Trinajstić information content (AvgIpc) is 2.94. The van der Waals surface area contributed by atoms with Gasteiger partial charge in [-0.25, -0.2) is 4.39 Å². The molecule has 0 saturated heterocycles. The molecule has 114 valence electrons. The Labute approximate surface area is 127 Å². The van der Waals surface area contributed by atoms with Gasteiger partial charge in [-0.15, -0.1) is 0 Å². The molecule has 0 saturated carbocycles. The van der Waals surface area contributed by atoms with Crippen molar-refractivity contribution < 1.29 is 18.7 Å². The molecule has 1 amide bonds. The summed E-state index contributed by atoms with van der Waals surface area (Å²) in [7, 11) is 0. The van der Waals surface area contributed by atoms with Gasteiger partial charge in [-0.05, 0) is 38.1 Å². The summed E-state index contributed by atoms with van der Waals surface area (Å²) in [6.07, 6.45) is 0. The van der Waals surface area contributed by atoms with Crippen LogP contribution in [0.15, 0.2) is 42.5 Å². The fraction of sp³-hybridized carbons (Fsp3) is 0.235. The second-order valence-electron chi connectivity index (χ2n) is 5.63. The molecule has 22 heavy (non-hydrogen) atoms. The van der Waals surface area contributed by atoms with E-state index in [1.807, 2.05) is 0 Å². The number of carbonyl (C=O) groups is 1.